The van der Waals surface area contributed by atoms with Crippen LogP contribution in [0.5, 0.6) is 0 Å². The van der Waals surface area contributed by atoms with Gasteiger partial charge in [0.1, 0.15) is 0 Å². The van der Waals surface area contributed by atoms with Gasteiger partial charge in [-0.2, -0.15) is 12.6 Å². The molecule has 0 radical (unpaired) electrons. The summed E-state index contributed by atoms with van der Waals surface area (Å²) in [4.78, 5) is 0.304. The summed E-state index contributed by atoms with van der Waals surface area (Å²) in [6.07, 6.45) is 0.904. The van der Waals surface area contributed by atoms with E-state index in [0.29, 0.717) is 10.6 Å². The highest BCUT2D eigenvalue weighted by Crippen LogP contribution is 2.11. The summed E-state index contributed by atoms with van der Waals surface area (Å²) in [5.74, 6) is 0.478. The van der Waals surface area contributed by atoms with Crippen molar-refractivity contribution in [3.05, 3.63) is 29.8 Å². The molecule has 0 aliphatic rings. The Hall–Kier alpha value is -0.520. The molecule has 1 atom stereocenters. The van der Waals surface area contributed by atoms with Crippen molar-refractivity contribution < 1.29 is 8.42 Å². The maximum Gasteiger partial charge on any atom is 0.240 e. The zero-order valence-electron chi connectivity index (χ0n) is 9.47. The molecule has 0 spiro atoms. The second-order valence-corrected chi connectivity index (χ2v) is 5.78. The number of hydrogen-bond acceptors (Lipinski definition) is 3. The summed E-state index contributed by atoms with van der Waals surface area (Å²) in [5.41, 5.74) is 1.13. The Morgan fingerprint density at radius 3 is 2.31 bits per heavy atom. The fourth-order valence-corrected chi connectivity index (χ4v) is 2.73. The lowest BCUT2D eigenvalue weighted by molar-refractivity contribution is 0.571. The van der Waals surface area contributed by atoms with Gasteiger partial charge in [-0.25, -0.2) is 13.1 Å². The number of sulfonamides is 1. The zero-order valence-corrected chi connectivity index (χ0v) is 11.2. The molecule has 1 N–H and O–H groups in total. The summed E-state index contributed by atoms with van der Waals surface area (Å²) in [6, 6.07) is 6.76. The normalized spacial score (nSPS) is 13.7. The number of rotatable bonds is 5. The predicted octanol–water partition coefficient (Wildman–Crippen LogP) is 1.85. The highest BCUT2D eigenvalue weighted by atomic mass is 32.2. The van der Waals surface area contributed by atoms with Crippen LogP contribution in [0, 0.1) is 0 Å². The van der Waals surface area contributed by atoms with Crippen LogP contribution in [0.1, 0.15) is 19.4 Å². The summed E-state index contributed by atoms with van der Waals surface area (Å²) < 4.78 is 26.3. The van der Waals surface area contributed by atoms with Crippen LogP contribution in [-0.4, -0.2) is 20.2 Å². The van der Waals surface area contributed by atoms with E-state index in [2.05, 4.69) is 17.4 Å². The first-order valence-corrected chi connectivity index (χ1v) is 7.33. The van der Waals surface area contributed by atoms with E-state index < -0.39 is 10.0 Å². The Kier molecular flexibility index (Phi) is 4.83. The van der Waals surface area contributed by atoms with Gasteiger partial charge in [0.2, 0.25) is 10.0 Å². The average molecular weight is 259 g/mol. The molecular formula is C11H17NO2S2. The van der Waals surface area contributed by atoms with Gasteiger partial charge in [-0.05, 0) is 31.0 Å². The number of nitrogens with one attached hydrogen (secondary N) is 1. The first-order valence-electron chi connectivity index (χ1n) is 5.21. The molecule has 0 saturated carbocycles. The summed E-state index contributed by atoms with van der Waals surface area (Å²) in [5, 5.41) is 0. The summed E-state index contributed by atoms with van der Waals surface area (Å²) in [7, 11) is -3.40. The van der Waals surface area contributed by atoms with E-state index in [1.54, 1.807) is 19.1 Å². The number of aryl methyl sites for hydroxylation is 1. The molecule has 1 aromatic rings. The third kappa shape index (κ3) is 3.50. The van der Waals surface area contributed by atoms with E-state index in [9.17, 15) is 8.42 Å². The highest BCUT2D eigenvalue weighted by molar-refractivity contribution is 7.89. The minimum atomic E-state index is -3.40. The van der Waals surface area contributed by atoms with Crippen molar-refractivity contribution in [3.8, 4) is 0 Å². The third-order valence-corrected chi connectivity index (χ3v) is 4.43. The van der Waals surface area contributed by atoms with Gasteiger partial charge in [0, 0.05) is 11.8 Å². The maximum absolute atomic E-state index is 11.9. The minimum absolute atomic E-state index is 0.167. The fourth-order valence-electron chi connectivity index (χ4n) is 1.27. The van der Waals surface area contributed by atoms with Crippen molar-refractivity contribution >= 4 is 22.7 Å². The van der Waals surface area contributed by atoms with Gasteiger partial charge in [0.05, 0.1) is 4.90 Å². The molecule has 5 heteroatoms. The molecule has 1 aromatic carbocycles. The number of benzene rings is 1. The van der Waals surface area contributed by atoms with Gasteiger partial charge < -0.3 is 0 Å². The molecule has 0 bridgehead atoms. The van der Waals surface area contributed by atoms with Crippen molar-refractivity contribution in [1.82, 2.24) is 4.72 Å². The molecular weight excluding hydrogens is 242 g/mol. The lowest BCUT2D eigenvalue weighted by atomic mass is 10.2. The molecule has 0 amide bonds. The SMILES string of the molecule is CCc1ccc(S(=O)(=O)NC(C)CS)cc1. The molecule has 0 aliphatic heterocycles. The standard InChI is InChI=1S/C11H17NO2S2/c1-3-10-4-6-11(7-5-10)16(13,14)12-9(2)8-15/h4-7,9,12,15H,3,8H2,1-2H3. The quantitative estimate of drug-likeness (QED) is 0.793. The van der Waals surface area contributed by atoms with Crippen LogP contribution in [0.3, 0.4) is 0 Å². The maximum atomic E-state index is 11.9. The Labute approximate surface area is 103 Å². The van der Waals surface area contributed by atoms with E-state index >= 15 is 0 Å². The van der Waals surface area contributed by atoms with Crippen LogP contribution in [0.4, 0.5) is 0 Å². The van der Waals surface area contributed by atoms with Gasteiger partial charge in [0.25, 0.3) is 0 Å². The van der Waals surface area contributed by atoms with Crippen LogP contribution in [0.25, 0.3) is 0 Å². The Morgan fingerprint density at radius 2 is 1.88 bits per heavy atom. The van der Waals surface area contributed by atoms with Crippen molar-refractivity contribution in [2.24, 2.45) is 0 Å². The predicted molar refractivity (Wildman–Crippen MR) is 69.5 cm³/mol. The lowest BCUT2D eigenvalue weighted by Crippen LogP contribution is -2.33. The number of thiol groups is 1. The van der Waals surface area contributed by atoms with E-state index in [1.165, 1.54) is 0 Å². The molecule has 0 heterocycles. The summed E-state index contributed by atoms with van der Waals surface area (Å²) >= 11 is 4.04. The van der Waals surface area contributed by atoms with Crippen molar-refractivity contribution in [3.63, 3.8) is 0 Å². The zero-order chi connectivity index (χ0) is 12.2. The lowest BCUT2D eigenvalue weighted by Gasteiger charge is -2.11. The Morgan fingerprint density at radius 1 is 1.31 bits per heavy atom. The first kappa shape index (κ1) is 13.5. The van der Waals surface area contributed by atoms with Crippen LogP contribution in [0.15, 0.2) is 29.2 Å². The van der Waals surface area contributed by atoms with Crippen LogP contribution < -0.4 is 4.72 Å². The second-order valence-electron chi connectivity index (χ2n) is 3.70. The molecule has 1 rings (SSSR count). The smallest absolute Gasteiger partial charge is 0.208 e. The average Bonchev–Trinajstić information content (AvgIpc) is 2.28. The molecule has 90 valence electrons. The molecule has 0 aliphatic carbocycles. The number of hydrogen-bond donors (Lipinski definition) is 2. The first-order chi connectivity index (χ1) is 7.49. The molecule has 0 saturated heterocycles. The Bertz CT molecular complexity index is 426. The largest absolute Gasteiger partial charge is 0.240 e. The van der Waals surface area contributed by atoms with Crippen LogP contribution in [-0.2, 0) is 16.4 Å². The molecule has 3 nitrogen and oxygen atoms in total. The van der Waals surface area contributed by atoms with Gasteiger partial charge >= 0.3 is 0 Å². The van der Waals surface area contributed by atoms with Gasteiger partial charge in [-0.3, -0.25) is 0 Å². The molecule has 1 unspecified atom stereocenters. The van der Waals surface area contributed by atoms with E-state index in [0.717, 1.165) is 12.0 Å². The fraction of sp³-hybridized carbons (Fsp3) is 0.455. The second kappa shape index (κ2) is 5.70. The van der Waals surface area contributed by atoms with Crippen LogP contribution in [0.2, 0.25) is 0 Å². The minimum Gasteiger partial charge on any atom is -0.208 e. The molecule has 0 fully saturated rings. The van der Waals surface area contributed by atoms with Crippen molar-refractivity contribution in [2.45, 2.75) is 31.2 Å². The Balaban J connectivity index is 2.90. The topological polar surface area (TPSA) is 46.2 Å². The van der Waals surface area contributed by atoms with Gasteiger partial charge in [-0.1, -0.05) is 19.1 Å². The highest BCUT2D eigenvalue weighted by Gasteiger charge is 2.15. The monoisotopic (exact) mass is 259 g/mol. The van der Waals surface area contributed by atoms with Crippen LogP contribution >= 0.6 is 12.6 Å². The van der Waals surface area contributed by atoms with E-state index in [4.69, 9.17) is 0 Å². The summed E-state index contributed by atoms with van der Waals surface area (Å²) in [6.45, 7) is 3.82. The van der Waals surface area contributed by atoms with Gasteiger partial charge in [-0.15, -0.1) is 0 Å². The van der Waals surface area contributed by atoms with Gasteiger partial charge in [0.15, 0.2) is 0 Å². The van der Waals surface area contributed by atoms with Crippen molar-refractivity contribution in [2.75, 3.05) is 5.75 Å². The van der Waals surface area contributed by atoms with Crippen molar-refractivity contribution in [1.29, 1.82) is 0 Å². The van der Waals surface area contributed by atoms with E-state index in [1.807, 2.05) is 19.1 Å². The van der Waals surface area contributed by atoms with E-state index in [-0.39, 0.29) is 6.04 Å². The molecule has 0 aromatic heterocycles. The molecule has 16 heavy (non-hydrogen) atoms. The third-order valence-electron chi connectivity index (χ3n) is 2.27.